The van der Waals surface area contributed by atoms with E-state index in [0.29, 0.717) is 5.75 Å². The highest BCUT2D eigenvalue weighted by atomic mass is 16.6. The first kappa shape index (κ1) is 18.5. The number of benzene rings is 3. The van der Waals surface area contributed by atoms with E-state index >= 15 is 0 Å². The number of para-hydroxylation sites is 1. The van der Waals surface area contributed by atoms with Gasteiger partial charge in [-0.05, 0) is 41.5 Å². The van der Waals surface area contributed by atoms with Crippen molar-refractivity contribution in [3.8, 4) is 5.75 Å². The Bertz CT molecular complexity index is 953. The van der Waals surface area contributed by atoms with Crippen molar-refractivity contribution in [2.45, 2.75) is 13.0 Å². The monoisotopic (exact) mass is 362 g/mol. The van der Waals surface area contributed by atoms with E-state index in [9.17, 15) is 4.79 Å². The second-order valence-corrected chi connectivity index (χ2v) is 6.15. The van der Waals surface area contributed by atoms with Crippen molar-refractivity contribution < 1.29 is 14.4 Å². The minimum Gasteiger partial charge on any atom is -0.496 e. The first-order chi connectivity index (χ1) is 13.2. The predicted molar refractivity (Wildman–Crippen MR) is 107 cm³/mol. The van der Waals surface area contributed by atoms with E-state index in [1.807, 2.05) is 49.4 Å². The van der Waals surface area contributed by atoms with Gasteiger partial charge in [0.2, 0.25) is 0 Å². The zero-order valence-corrected chi connectivity index (χ0v) is 15.4. The Balaban J connectivity index is 1.53. The third-order valence-corrected chi connectivity index (χ3v) is 4.25. The normalized spacial score (nSPS) is 12.1. The zero-order valence-electron chi connectivity index (χ0n) is 15.4. The molecule has 0 aliphatic heterocycles. The Morgan fingerprint density at radius 3 is 2.63 bits per heavy atom. The van der Waals surface area contributed by atoms with Crippen LogP contribution in [-0.4, -0.2) is 25.8 Å². The van der Waals surface area contributed by atoms with Crippen LogP contribution in [0.5, 0.6) is 5.75 Å². The molecule has 0 saturated heterocycles. The first-order valence-corrected chi connectivity index (χ1v) is 8.74. The summed E-state index contributed by atoms with van der Waals surface area (Å²) in [6.07, 6.45) is 1.53. The summed E-state index contributed by atoms with van der Waals surface area (Å²) < 4.78 is 5.23. The average Bonchev–Trinajstić information content (AvgIpc) is 2.71. The molecule has 0 aliphatic carbocycles. The summed E-state index contributed by atoms with van der Waals surface area (Å²) in [7, 11) is 1.59. The molecule has 0 aliphatic rings. The number of rotatable bonds is 7. The molecule has 0 saturated carbocycles. The second-order valence-electron chi connectivity index (χ2n) is 6.15. The highest BCUT2D eigenvalue weighted by Crippen LogP contribution is 2.20. The van der Waals surface area contributed by atoms with Crippen molar-refractivity contribution in [3.63, 3.8) is 0 Å². The van der Waals surface area contributed by atoms with Crippen LogP contribution in [0.1, 0.15) is 24.1 Å². The van der Waals surface area contributed by atoms with Crippen molar-refractivity contribution >= 4 is 22.9 Å². The molecule has 3 aromatic carbocycles. The largest absolute Gasteiger partial charge is 0.496 e. The van der Waals surface area contributed by atoms with E-state index in [1.165, 1.54) is 11.6 Å². The number of fused-ring (bicyclic) bond motifs is 1. The summed E-state index contributed by atoms with van der Waals surface area (Å²) in [6, 6.07) is 21.6. The molecule has 0 aromatic heterocycles. The average molecular weight is 362 g/mol. The van der Waals surface area contributed by atoms with Crippen LogP contribution in [0.3, 0.4) is 0 Å². The molecule has 1 amide bonds. The van der Waals surface area contributed by atoms with Crippen LogP contribution < -0.4 is 10.1 Å². The molecule has 0 fully saturated rings. The quantitative estimate of drug-likeness (QED) is 0.509. The highest BCUT2D eigenvalue weighted by Gasteiger charge is 2.10. The van der Waals surface area contributed by atoms with Gasteiger partial charge in [-0.25, -0.2) is 0 Å². The van der Waals surface area contributed by atoms with Crippen LogP contribution in [0.2, 0.25) is 0 Å². The predicted octanol–water partition coefficient (Wildman–Crippen LogP) is 4.08. The van der Waals surface area contributed by atoms with Crippen LogP contribution in [0.4, 0.5) is 0 Å². The maximum Gasteiger partial charge on any atom is 0.261 e. The zero-order chi connectivity index (χ0) is 19.1. The summed E-state index contributed by atoms with van der Waals surface area (Å²) in [5.74, 6) is 0.465. The molecule has 3 aromatic rings. The third kappa shape index (κ3) is 4.85. The Labute approximate surface area is 158 Å². The van der Waals surface area contributed by atoms with Gasteiger partial charge in [0, 0.05) is 5.56 Å². The minimum atomic E-state index is -0.229. The lowest BCUT2D eigenvalue weighted by Crippen LogP contribution is -2.29. The lowest BCUT2D eigenvalue weighted by atomic mass is 10.0. The van der Waals surface area contributed by atoms with Crippen molar-refractivity contribution in [1.82, 2.24) is 5.32 Å². The van der Waals surface area contributed by atoms with Crippen molar-refractivity contribution in [2.24, 2.45) is 5.16 Å². The molecule has 0 bridgehead atoms. The number of methoxy groups -OCH3 is 1. The van der Waals surface area contributed by atoms with Gasteiger partial charge in [-0.15, -0.1) is 0 Å². The lowest BCUT2D eigenvalue weighted by molar-refractivity contribution is -0.126. The molecule has 0 radical (unpaired) electrons. The second kappa shape index (κ2) is 8.85. The lowest BCUT2D eigenvalue weighted by Gasteiger charge is -2.14. The fraction of sp³-hybridized carbons (Fsp3) is 0.182. The summed E-state index contributed by atoms with van der Waals surface area (Å²) in [5.41, 5.74) is 1.82. The number of carbonyl (C=O) groups is 1. The van der Waals surface area contributed by atoms with E-state index in [1.54, 1.807) is 7.11 Å². The first-order valence-electron chi connectivity index (χ1n) is 8.74. The number of nitrogens with zero attached hydrogens (tertiary/aromatic N) is 1. The maximum atomic E-state index is 12.1. The van der Waals surface area contributed by atoms with Gasteiger partial charge < -0.3 is 14.9 Å². The maximum absolute atomic E-state index is 12.1. The number of oxime groups is 1. The number of carbonyl (C=O) groups excluding carboxylic acids is 1. The topological polar surface area (TPSA) is 59.9 Å². The van der Waals surface area contributed by atoms with Gasteiger partial charge in [0.15, 0.2) is 6.61 Å². The summed E-state index contributed by atoms with van der Waals surface area (Å²) in [4.78, 5) is 17.2. The van der Waals surface area contributed by atoms with Crippen LogP contribution in [0.15, 0.2) is 71.9 Å². The van der Waals surface area contributed by atoms with Crippen molar-refractivity contribution in [2.75, 3.05) is 13.7 Å². The molecular weight excluding hydrogens is 340 g/mol. The smallest absolute Gasteiger partial charge is 0.261 e. The summed E-state index contributed by atoms with van der Waals surface area (Å²) in [6.45, 7) is 1.80. The fourth-order valence-corrected chi connectivity index (χ4v) is 2.81. The van der Waals surface area contributed by atoms with Gasteiger partial charge in [0.05, 0.1) is 19.4 Å². The molecule has 3 rings (SSSR count). The molecular formula is C22H22N2O3. The van der Waals surface area contributed by atoms with Crippen LogP contribution in [-0.2, 0) is 9.63 Å². The van der Waals surface area contributed by atoms with E-state index in [0.717, 1.165) is 16.5 Å². The Kier molecular flexibility index (Phi) is 6.05. The Hall–Kier alpha value is -3.34. The third-order valence-electron chi connectivity index (χ3n) is 4.25. The van der Waals surface area contributed by atoms with Gasteiger partial charge in [-0.3, -0.25) is 4.79 Å². The number of hydrogen-bond donors (Lipinski definition) is 1. The standard InChI is InChI=1S/C22H22N2O3/c1-16(18-12-11-17-7-3-4-8-19(17)13-18)24-22(25)15-27-23-14-20-9-5-6-10-21(20)26-2/h3-14,16H,15H2,1-2H3,(H,24,25)/b23-14-/t16-/m0/s1. The fourth-order valence-electron chi connectivity index (χ4n) is 2.81. The molecule has 0 heterocycles. The number of ether oxygens (including phenoxy) is 1. The molecule has 138 valence electrons. The molecule has 27 heavy (non-hydrogen) atoms. The molecule has 0 unspecified atom stereocenters. The van der Waals surface area contributed by atoms with E-state index in [4.69, 9.17) is 9.57 Å². The van der Waals surface area contributed by atoms with Crippen LogP contribution in [0.25, 0.3) is 10.8 Å². The van der Waals surface area contributed by atoms with Gasteiger partial charge in [0.1, 0.15) is 5.75 Å². The van der Waals surface area contributed by atoms with Gasteiger partial charge in [-0.2, -0.15) is 0 Å². The number of hydrogen-bond acceptors (Lipinski definition) is 4. The van der Waals surface area contributed by atoms with Crippen molar-refractivity contribution in [1.29, 1.82) is 0 Å². The summed E-state index contributed by atoms with van der Waals surface area (Å²) >= 11 is 0. The van der Waals surface area contributed by atoms with Crippen LogP contribution in [0, 0.1) is 0 Å². The molecule has 1 N–H and O–H groups in total. The van der Waals surface area contributed by atoms with Crippen molar-refractivity contribution in [3.05, 3.63) is 77.9 Å². The van der Waals surface area contributed by atoms with E-state index in [2.05, 4.69) is 34.7 Å². The molecule has 5 heteroatoms. The Morgan fingerprint density at radius 2 is 1.81 bits per heavy atom. The highest BCUT2D eigenvalue weighted by molar-refractivity contribution is 5.84. The molecule has 1 atom stereocenters. The van der Waals surface area contributed by atoms with E-state index < -0.39 is 0 Å². The van der Waals surface area contributed by atoms with E-state index in [-0.39, 0.29) is 18.6 Å². The Morgan fingerprint density at radius 1 is 1.07 bits per heavy atom. The molecule has 5 nitrogen and oxygen atoms in total. The summed E-state index contributed by atoms with van der Waals surface area (Å²) in [5, 5.41) is 9.09. The number of nitrogens with one attached hydrogen (secondary N) is 1. The van der Waals surface area contributed by atoms with Gasteiger partial charge >= 0.3 is 0 Å². The van der Waals surface area contributed by atoms with Gasteiger partial charge in [0.25, 0.3) is 5.91 Å². The molecule has 0 spiro atoms. The number of amides is 1. The minimum absolute atomic E-state index is 0.121. The SMILES string of the molecule is COc1ccccc1/C=N\OCC(=O)N[C@@H](C)c1ccc2ccccc2c1. The van der Waals surface area contributed by atoms with Crippen LogP contribution >= 0.6 is 0 Å². The van der Waals surface area contributed by atoms with Gasteiger partial charge in [-0.1, -0.05) is 53.7 Å².